The van der Waals surface area contributed by atoms with E-state index < -0.39 is 0 Å². The summed E-state index contributed by atoms with van der Waals surface area (Å²) in [5, 5.41) is 3.47. The summed E-state index contributed by atoms with van der Waals surface area (Å²) >= 11 is 0. The molecule has 0 saturated heterocycles. The number of primary amides is 1. The van der Waals surface area contributed by atoms with Gasteiger partial charge < -0.3 is 5.73 Å². The average Bonchev–Trinajstić information content (AvgIpc) is 2.40. The lowest BCUT2D eigenvalue weighted by Crippen LogP contribution is -2.41. The second-order valence-electron chi connectivity index (χ2n) is 5.63. The second-order valence-corrected chi connectivity index (χ2v) is 5.63. The fraction of sp³-hybridized carbons (Fsp3) is 0.562. The first kappa shape index (κ1) is 14.1. The molecule has 1 unspecified atom stereocenters. The van der Waals surface area contributed by atoms with Gasteiger partial charge in [0.2, 0.25) is 5.91 Å². The zero-order valence-corrected chi connectivity index (χ0v) is 11.9. The van der Waals surface area contributed by atoms with Crippen LogP contribution in [-0.4, -0.2) is 11.9 Å². The van der Waals surface area contributed by atoms with Crippen molar-refractivity contribution in [2.45, 2.75) is 58.0 Å². The van der Waals surface area contributed by atoms with E-state index in [4.69, 9.17) is 5.73 Å². The maximum absolute atomic E-state index is 11.8. The minimum atomic E-state index is -0.358. The third-order valence-electron chi connectivity index (χ3n) is 4.25. The van der Waals surface area contributed by atoms with Gasteiger partial charge >= 0.3 is 0 Å². The SMILES string of the molecule is Cc1cccc(C(NC2CCCCC2)C(N)=O)c1C. The first-order chi connectivity index (χ1) is 9.09. The number of carbonyl (C=O) groups is 1. The Hall–Kier alpha value is -1.35. The van der Waals surface area contributed by atoms with Crippen molar-refractivity contribution in [3.05, 3.63) is 34.9 Å². The predicted octanol–water partition coefficient (Wildman–Crippen LogP) is 2.75. The molecule has 0 aliphatic heterocycles. The summed E-state index contributed by atoms with van der Waals surface area (Å²) in [5.74, 6) is -0.278. The zero-order chi connectivity index (χ0) is 13.8. The van der Waals surface area contributed by atoms with E-state index in [9.17, 15) is 4.79 Å². The highest BCUT2D eigenvalue weighted by Gasteiger charge is 2.24. The molecule has 3 heteroatoms. The fourth-order valence-corrected chi connectivity index (χ4v) is 2.92. The van der Waals surface area contributed by atoms with Crippen LogP contribution >= 0.6 is 0 Å². The molecule has 3 nitrogen and oxygen atoms in total. The molecular weight excluding hydrogens is 236 g/mol. The smallest absolute Gasteiger partial charge is 0.239 e. The highest BCUT2D eigenvalue weighted by atomic mass is 16.1. The lowest BCUT2D eigenvalue weighted by molar-refractivity contribution is -0.120. The number of nitrogens with two attached hydrogens (primary N) is 1. The van der Waals surface area contributed by atoms with Crippen molar-refractivity contribution in [1.29, 1.82) is 0 Å². The maximum atomic E-state index is 11.8. The van der Waals surface area contributed by atoms with E-state index in [0.717, 1.165) is 24.0 Å². The van der Waals surface area contributed by atoms with Crippen molar-refractivity contribution in [1.82, 2.24) is 5.32 Å². The first-order valence-electron chi connectivity index (χ1n) is 7.21. The molecule has 1 aliphatic carbocycles. The van der Waals surface area contributed by atoms with Gasteiger partial charge in [0.15, 0.2) is 0 Å². The standard InChI is InChI=1S/C16H24N2O/c1-11-7-6-10-14(12(11)2)15(16(17)19)18-13-8-4-3-5-9-13/h6-7,10,13,15,18H,3-5,8-9H2,1-2H3,(H2,17,19). The highest BCUT2D eigenvalue weighted by Crippen LogP contribution is 2.24. The normalized spacial score (nSPS) is 18.2. The zero-order valence-electron chi connectivity index (χ0n) is 11.9. The van der Waals surface area contributed by atoms with E-state index in [-0.39, 0.29) is 11.9 Å². The second kappa shape index (κ2) is 6.20. The van der Waals surface area contributed by atoms with Crippen molar-refractivity contribution in [3.8, 4) is 0 Å². The van der Waals surface area contributed by atoms with E-state index in [1.54, 1.807) is 0 Å². The number of aryl methyl sites for hydroxylation is 1. The van der Waals surface area contributed by atoms with Gasteiger partial charge in [0.1, 0.15) is 6.04 Å². The summed E-state index contributed by atoms with van der Waals surface area (Å²) in [5.41, 5.74) is 8.99. The molecule has 1 amide bonds. The van der Waals surface area contributed by atoms with Crippen molar-refractivity contribution < 1.29 is 4.79 Å². The van der Waals surface area contributed by atoms with E-state index in [1.165, 1.54) is 24.8 Å². The van der Waals surface area contributed by atoms with E-state index >= 15 is 0 Å². The average molecular weight is 260 g/mol. The summed E-state index contributed by atoms with van der Waals surface area (Å²) in [7, 11) is 0. The molecule has 0 heterocycles. The number of nitrogens with one attached hydrogen (secondary N) is 1. The van der Waals surface area contributed by atoms with E-state index in [2.05, 4.69) is 25.2 Å². The molecule has 19 heavy (non-hydrogen) atoms. The molecule has 0 bridgehead atoms. The molecule has 3 N–H and O–H groups in total. The van der Waals surface area contributed by atoms with Gasteiger partial charge in [-0.05, 0) is 43.4 Å². The van der Waals surface area contributed by atoms with Gasteiger partial charge in [-0.2, -0.15) is 0 Å². The van der Waals surface area contributed by atoms with Crippen LogP contribution in [0.5, 0.6) is 0 Å². The van der Waals surface area contributed by atoms with Crippen LogP contribution in [0.25, 0.3) is 0 Å². The minimum absolute atomic E-state index is 0.278. The molecule has 1 aromatic carbocycles. The van der Waals surface area contributed by atoms with Crippen molar-refractivity contribution in [2.75, 3.05) is 0 Å². The molecule has 0 aromatic heterocycles. The minimum Gasteiger partial charge on any atom is -0.368 e. The van der Waals surface area contributed by atoms with Crippen molar-refractivity contribution >= 4 is 5.91 Å². The number of hydrogen-bond acceptors (Lipinski definition) is 2. The summed E-state index contributed by atoms with van der Waals surface area (Å²) in [6, 6.07) is 6.13. The van der Waals surface area contributed by atoms with Crippen LogP contribution in [0.15, 0.2) is 18.2 Å². The Balaban J connectivity index is 2.19. The molecule has 104 valence electrons. The predicted molar refractivity (Wildman–Crippen MR) is 77.9 cm³/mol. The van der Waals surface area contributed by atoms with Gasteiger partial charge in [0.05, 0.1) is 0 Å². The molecule has 0 spiro atoms. The molecule has 1 saturated carbocycles. The largest absolute Gasteiger partial charge is 0.368 e. The monoisotopic (exact) mass is 260 g/mol. The topological polar surface area (TPSA) is 55.1 Å². The van der Waals surface area contributed by atoms with Gasteiger partial charge in [0, 0.05) is 6.04 Å². The number of carbonyl (C=O) groups excluding carboxylic acids is 1. The summed E-state index contributed by atoms with van der Waals surface area (Å²) in [6.07, 6.45) is 6.10. The molecular formula is C16H24N2O. The third-order valence-corrected chi connectivity index (χ3v) is 4.25. The summed E-state index contributed by atoms with van der Waals surface area (Å²) in [4.78, 5) is 11.8. The van der Waals surface area contributed by atoms with Crippen LogP contribution in [0.3, 0.4) is 0 Å². The Bertz CT molecular complexity index is 450. The van der Waals surface area contributed by atoms with Gasteiger partial charge in [-0.3, -0.25) is 10.1 Å². The van der Waals surface area contributed by atoms with Gasteiger partial charge in [-0.15, -0.1) is 0 Å². The van der Waals surface area contributed by atoms with Crippen LogP contribution in [-0.2, 0) is 4.79 Å². The summed E-state index contributed by atoms with van der Waals surface area (Å²) in [6.45, 7) is 4.13. The van der Waals surface area contributed by atoms with Crippen LogP contribution in [0, 0.1) is 13.8 Å². The fourth-order valence-electron chi connectivity index (χ4n) is 2.92. The van der Waals surface area contributed by atoms with Crippen LogP contribution in [0.2, 0.25) is 0 Å². The number of hydrogen-bond donors (Lipinski definition) is 2. The van der Waals surface area contributed by atoms with Crippen LogP contribution in [0.1, 0.15) is 54.8 Å². The Morgan fingerprint density at radius 1 is 1.26 bits per heavy atom. The van der Waals surface area contributed by atoms with Gasteiger partial charge in [-0.25, -0.2) is 0 Å². The van der Waals surface area contributed by atoms with Crippen LogP contribution < -0.4 is 11.1 Å². The molecule has 2 rings (SSSR count). The maximum Gasteiger partial charge on any atom is 0.239 e. The van der Waals surface area contributed by atoms with Crippen molar-refractivity contribution in [2.24, 2.45) is 5.73 Å². The molecule has 1 fully saturated rings. The Labute approximate surface area is 115 Å². The summed E-state index contributed by atoms with van der Waals surface area (Å²) < 4.78 is 0. The third kappa shape index (κ3) is 3.35. The van der Waals surface area contributed by atoms with Gasteiger partial charge in [0.25, 0.3) is 0 Å². The lowest BCUT2D eigenvalue weighted by Gasteiger charge is -2.28. The molecule has 1 aromatic rings. The van der Waals surface area contributed by atoms with Gasteiger partial charge in [-0.1, -0.05) is 37.5 Å². The van der Waals surface area contributed by atoms with Crippen molar-refractivity contribution in [3.63, 3.8) is 0 Å². The van der Waals surface area contributed by atoms with Crippen LogP contribution in [0.4, 0.5) is 0 Å². The van der Waals surface area contributed by atoms with E-state index in [0.29, 0.717) is 6.04 Å². The Kier molecular flexibility index (Phi) is 4.59. The molecule has 0 radical (unpaired) electrons. The quantitative estimate of drug-likeness (QED) is 0.874. The lowest BCUT2D eigenvalue weighted by atomic mass is 9.92. The number of benzene rings is 1. The highest BCUT2D eigenvalue weighted by molar-refractivity contribution is 5.82. The Morgan fingerprint density at radius 2 is 1.95 bits per heavy atom. The van der Waals surface area contributed by atoms with E-state index in [1.807, 2.05) is 12.1 Å². The number of rotatable bonds is 4. The number of amides is 1. The molecule has 1 atom stereocenters. The Morgan fingerprint density at radius 3 is 2.58 bits per heavy atom. The molecule has 1 aliphatic rings. The first-order valence-corrected chi connectivity index (χ1v) is 7.21.